The molecule has 16 heavy (non-hydrogen) atoms. The molecule has 1 aromatic rings. The molecule has 0 fully saturated rings. The number of benzene rings is 1. The number of hydrogen-bond donors (Lipinski definition) is 1. The van der Waals surface area contributed by atoms with Crippen molar-refractivity contribution in [1.82, 2.24) is 0 Å². The number of ether oxygens (including phenoxy) is 1. The van der Waals surface area contributed by atoms with Crippen molar-refractivity contribution in [3.8, 4) is 11.8 Å². The van der Waals surface area contributed by atoms with Crippen molar-refractivity contribution >= 4 is 5.97 Å². The fraction of sp³-hybridized carbons (Fsp3) is 0.250. The summed E-state index contributed by atoms with van der Waals surface area (Å²) >= 11 is 0. The van der Waals surface area contributed by atoms with Crippen LogP contribution in [0.2, 0.25) is 0 Å². The molecule has 4 heteroatoms. The van der Waals surface area contributed by atoms with Crippen molar-refractivity contribution in [3.05, 3.63) is 35.1 Å². The first-order chi connectivity index (χ1) is 7.69. The summed E-state index contributed by atoms with van der Waals surface area (Å²) < 4.78 is 17.8. The molecule has 0 aromatic heterocycles. The van der Waals surface area contributed by atoms with Crippen LogP contribution in [-0.4, -0.2) is 24.8 Å². The molecule has 0 spiro atoms. The maximum absolute atomic E-state index is 13.2. The van der Waals surface area contributed by atoms with E-state index >= 15 is 0 Å². The number of aliphatic hydroxyl groups is 1. The summed E-state index contributed by atoms with van der Waals surface area (Å²) in [5, 5.41) is 8.52. The van der Waals surface area contributed by atoms with Crippen molar-refractivity contribution < 1.29 is 19.0 Å². The SMILES string of the molecule is COC(=O)c1ccc(F)c(C#CCCO)c1. The Hall–Kier alpha value is -1.86. The zero-order valence-corrected chi connectivity index (χ0v) is 8.79. The van der Waals surface area contributed by atoms with Crippen LogP contribution in [0.5, 0.6) is 0 Å². The van der Waals surface area contributed by atoms with Crippen LogP contribution in [0.15, 0.2) is 18.2 Å². The number of carbonyl (C=O) groups excluding carboxylic acids is 1. The van der Waals surface area contributed by atoms with Gasteiger partial charge in [0.25, 0.3) is 0 Å². The molecule has 0 aliphatic rings. The van der Waals surface area contributed by atoms with Crippen LogP contribution in [-0.2, 0) is 4.74 Å². The first-order valence-corrected chi connectivity index (χ1v) is 4.66. The van der Waals surface area contributed by atoms with E-state index < -0.39 is 11.8 Å². The smallest absolute Gasteiger partial charge is 0.337 e. The van der Waals surface area contributed by atoms with Gasteiger partial charge in [0.15, 0.2) is 0 Å². The molecule has 1 rings (SSSR count). The summed E-state index contributed by atoms with van der Waals surface area (Å²) in [5.41, 5.74) is 0.369. The fourth-order valence-corrected chi connectivity index (χ4v) is 1.08. The molecule has 0 heterocycles. The number of hydrogen-bond acceptors (Lipinski definition) is 3. The van der Waals surface area contributed by atoms with Gasteiger partial charge in [-0.05, 0) is 18.2 Å². The van der Waals surface area contributed by atoms with E-state index in [1.165, 1.54) is 19.2 Å². The third kappa shape index (κ3) is 3.07. The van der Waals surface area contributed by atoms with Crippen molar-refractivity contribution in [1.29, 1.82) is 0 Å². The molecule has 0 saturated carbocycles. The van der Waals surface area contributed by atoms with Gasteiger partial charge in [-0.2, -0.15) is 0 Å². The molecule has 0 aliphatic heterocycles. The first-order valence-electron chi connectivity index (χ1n) is 4.66. The molecule has 1 N–H and O–H groups in total. The predicted octanol–water partition coefficient (Wildman–Crippen LogP) is 1.35. The van der Waals surface area contributed by atoms with Gasteiger partial charge in [-0.25, -0.2) is 9.18 Å². The highest BCUT2D eigenvalue weighted by atomic mass is 19.1. The Bertz CT molecular complexity index is 443. The van der Waals surface area contributed by atoms with E-state index in [4.69, 9.17) is 5.11 Å². The van der Waals surface area contributed by atoms with Crippen molar-refractivity contribution in [3.63, 3.8) is 0 Å². The number of halogens is 1. The fourth-order valence-electron chi connectivity index (χ4n) is 1.08. The zero-order valence-electron chi connectivity index (χ0n) is 8.79. The molecule has 0 amide bonds. The van der Waals surface area contributed by atoms with Gasteiger partial charge in [0, 0.05) is 6.42 Å². The molecule has 0 aliphatic carbocycles. The molecule has 0 radical (unpaired) electrons. The summed E-state index contributed by atoms with van der Waals surface area (Å²) in [7, 11) is 1.25. The minimum atomic E-state index is -0.537. The molecule has 0 atom stereocenters. The minimum absolute atomic E-state index is 0.0781. The van der Waals surface area contributed by atoms with E-state index in [0.717, 1.165) is 6.07 Å². The van der Waals surface area contributed by atoms with Crippen LogP contribution in [0.3, 0.4) is 0 Å². The quantitative estimate of drug-likeness (QED) is 0.606. The van der Waals surface area contributed by atoms with Gasteiger partial charge >= 0.3 is 5.97 Å². The lowest BCUT2D eigenvalue weighted by molar-refractivity contribution is 0.0600. The van der Waals surface area contributed by atoms with E-state index in [1.807, 2.05) is 0 Å². The number of rotatable bonds is 2. The highest BCUT2D eigenvalue weighted by Gasteiger charge is 2.08. The lowest BCUT2D eigenvalue weighted by Crippen LogP contribution is -2.02. The molecule has 3 nitrogen and oxygen atoms in total. The third-order valence-electron chi connectivity index (χ3n) is 1.85. The Balaban J connectivity index is 3.01. The topological polar surface area (TPSA) is 46.5 Å². The molecule has 84 valence electrons. The van der Waals surface area contributed by atoms with Crippen LogP contribution >= 0.6 is 0 Å². The predicted molar refractivity (Wildman–Crippen MR) is 56.3 cm³/mol. The van der Waals surface area contributed by atoms with Gasteiger partial charge in [0.05, 0.1) is 24.8 Å². The van der Waals surface area contributed by atoms with E-state index in [1.54, 1.807) is 0 Å². The maximum atomic E-state index is 13.2. The Morgan fingerprint density at radius 1 is 1.56 bits per heavy atom. The van der Waals surface area contributed by atoms with Crippen LogP contribution in [0.4, 0.5) is 4.39 Å². The van der Waals surface area contributed by atoms with E-state index in [9.17, 15) is 9.18 Å². The number of methoxy groups -OCH3 is 1. The minimum Gasteiger partial charge on any atom is -0.465 e. The largest absolute Gasteiger partial charge is 0.465 e. The van der Waals surface area contributed by atoms with E-state index in [-0.39, 0.29) is 24.2 Å². The Kier molecular flexibility index (Phi) is 4.49. The Morgan fingerprint density at radius 3 is 2.94 bits per heavy atom. The maximum Gasteiger partial charge on any atom is 0.337 e. The molecule has 0 unspecified atom stereocenters. The van der Waals surface area contributed by atoms with Crippen molar-refractivity contribution in [2.45, 2.75) is 6.42 Å². The standard InChI is InChI=1S/C12H11FO3/c1-16-12(15)10-5-6-11(13)9(8-10)4-2-3-7-14/h5-6,8,14H,3,7H2,1H3. The van der Waals surface area contributed by atoms with Crippen molar-refractivity contribution in [2.24, 2.45) is 0 Å². The summed E-state index contributed by atoms with van der Waals surface area (Å²) in [6, 6.07) is 3.82. The summed E-state index contributed by atoms with van der Waals surface area (Å²) in [6.45, 7) is -0.0781. The number of esters is 1. The van der Waals surface area contributed by atoms with Crippen LogP contribution in [0.1, 0.15) is 22.3 Å². The van der Waals surface area contributed by atoms with Gasteiger partial charge in [-0.3, -0.25) is 0 Å². The van der Waals surface area contributed by atoms with Gasteiger partial charge in [0.1, 0.15) is 5.82 Å². The average Bonchev–Trinajstić information content (AvgIpc) is 2.31. The second-order valence-corrected chi connectivity index (χ2v) is 2.96. The van der Waals surface area contributed by atoms with Crippen LogP contribution in [0, 0.1) is 17.7 Å². The Morgan fingerprint density at radius 2 is 2.31 bits per heavy atom. The zero-order chi connectivity index (χ0) is 12.0. The van der Waals surface area contributed by atoms with Gasteiger partial charge in [0.2, 0.25) is 0 Å². The summed E-state index contributed by atoms with van der Waals surface area (Å²) in [5.74, 6) is 4.09. The molecular weight excluding hydrogens is 211 g/mol. The molecule has 1 aromatic carbocycles. The van der Waals surface area contributed by atoms with Gasteiger partial charge in [-0.15, -0.1) is 0 Å². The van der Waals surface area contributed by atoms with E-state index in [0.29, 0.717) is 0 Å². The second kappa shape index (κ2) is 5.89. The number of carbonyl (C=O) groups is 1. The molecule has 0 saturated heterocycles. The Labute approximate surface area is 92.9 Å². The van der Waals surface area contributed by atoms with Gasteiger partial charge in [-0.1, -0.05) is 11.8 Å². The third-order valence-corrected chi connectivity index (χ3v) is 1.85. The lowest BCUT2D eigenvalue weighted by atomic mass is 10.1. The van der Waals surface area contributed by atoms with Crippen molar-refractivity contribution in [2.75, 3.05) is 13.7 Å². The highest BCUT2D eigenvalue weighted by molar-refractivity contribution is 5.89. The monoisotopic (exact) mass is 222 g/mol. The van der Waals surface area contributed by atoms with Gasteiger partial charge < -0.3 is 9.84 Å². The highest BCUT2D eigenvalue weighted by Crippen LogP contribution is 2.10. The summed E-state index contributed by atoms with van der Waals surface area (Å²) in [6.07, 6.45) is 0.266. The van der Waals surface area contributed by atoms with Crippen LogP contribution in [0.25, 0.3) is 0 Å². The lowest BCUT2D eigenvalue weighted by Gasteiger charge is -2.00. The normalized spacial score (nSPS) is 9.19. The average molecular weight is 222 g/mol. The molecule has 0 bridgehead atoms. The first kappa shape index (κ1) is 12.2. The summed E-state index contributed by atoms with van der Waals surface area (Å²) in [4.78, 5) is 11.2. The van der Waals surface area contributed by atoms with E-state index in [2.05, 4.69) is 16.6 Å². The molecular formula is C12H11FO3. The number of aliphatic hydroxyl groups excluding tert-OH is 1. The van der Waals surface area contributed by atoms with Crippen LogP contribution < -0.4 is 0 Å². The second-order valence-electron chi connectivity index (χ2n) is 2.96.